The Kier molecular flexibility index (Phi) is 11.1. The maximum atomic E-state index is 13.5. The van der Waals surface area contributed by atoms with Crippen LogP contribution in [0.3, 0.4) is 0 Å². The highest BCUT2D eigenvalue weighted by Crippen LogP contribution is 2.14. The predicted octanol–water partition coefficient (Wildman–Crippen LogP) is 2.84. The summed E-state index contributed by atoms with van der Waals surface area (Å²) in [5, 5.41) is 18.2. The van der Waals surface area contributed by atoms with Crippen LogP contribution < -0.4 is 21.7 Å². The van der Waals surface area contributed by atoms with Gasteiger partial charge in [0.15, 0.2) is 0 Å². The van der Waals surface area contributed by atoms with Crippen LogP contribution in [0.25, 0.3) is 0 Å². The number of hydrogen-bond acceptors (Lipinski definition) is 5. The Morgan fingerprint density at radius 2 is 1.31 bits per heavy atom. The van der Waals surface area contributed by atoms with Gasteiger partial charge in [0.1, 0.15) is 17.8 Å². The zero-order valence-corrected chi connectivity index (χ0v) is 22.5. The van der Waals surface area contributed by atoms with Crippen molar-refractivity contribution < 1.29 is 19.5 Å². The second-order valence-corrected chi connectivity index (χ2v) is 9.80. The van der Waals surface area contributed by atoms with E-state index < -0.39 is 29.9 Å². The maximum Gasteiger partial charge on any atom is 0.243 e. The lowest BCUT2D eigenvalue weighted by Crippen LogP contribution is -2.58. The first-order valence-electron chi connectivity index (χ1n) is 13.3. The smallest absolute Gasteiger partial charge is 0.243 e. The number of nitrogens with one attached hydrogen (secondary N) is 3. The van der Waals surface area contributed by atoms with E-state index in [0.717, 1.165) is 16.7 Å². The lowest BCUT2D eigenvalue weighted by molar-refractivity contribution is -0.133. The molecule has 0 aliphatic heterocycles. The van der Waals surface area contributed by atoms with Crippen LogP contribution in [0.15, 0.2) is 84.9 Å². The SMILES string of the molecule is CCC(C)[C@H](NC(=O)[C@H](Cc1ccc(O)cc1)NC(=O)[C@@H](N)Cc1ccccc1)C(=O)NCc1ccccc1. The van der Waals surface area contributed by atoms with E-state index in [2.05, 4.69) is 16.0 Å². The molecule has 39 heavy (non-hydrogen) atoms. The molecule has 0 heterocycles. The average molecular weight is 531 g/mol. The van der Waals surface area contributed by atoms with Gasteiger partial charge in [0.05, 0.1) is 6.04 Å². The van der Waals surface area contributed by atoms with Crippen molar-refractivity contribution in [2.75, 3.05) is 0 Å². The van der Waals surface area contributed by atoms with Crippen LogP contribution >= 0.6 is 0 Å². The Hall–Kier alpha value is -4.17. The lowest BCUT2D eigenvalue weighted by atomic mass is 9.96. The quantitative estimate of drug-likeness (QED) is 0.232. The molecule has 0 bridgehead atoms. The Labute approximate surface area is 230 Å². The molecule has 0 radical (unpaired) electrons. The van der Waals surface area contributed by atoms with E-state index in [1.54, 1.807) is 12.1 Å². The molecule has 0 fully saturated rings. The third kappa shape index (κ3) is 9.26. The molecule has 0 aliphatic carbocycles. The van der Waals surface area contributed by atoms with Gasteiger partial charge < -0.3 is 26.8 Å². The van der Waals surface area contributed by atoms with Crippen LogP contribution in [0.1, 0.15) is 37.0 Å². The molecule has 0 saturated carbocycles. The van der Waals surface area contributed by atoms with Gasteiger partial charge in [0.25, 0.3) is 0 Å². The van der Waals surface area contributed by atoms with E-state index >= 15 is 0 Å². The van der Waals surface area contributed by atoms with Gasteiger partial charge in [-0.15, -0.1) is 0 Å². The molecule has 8 heteroatoms. The van der Waals surface area contributed by atoms with Gasteiger partial charge in [-0.1, -0.05) is 93.1 Å². The molecule has 3 amide bonds. The Morgan fingerprint density at radius 1 is 0.744 bits per heavy atom. The largest absolute Gasteiger partial charge is 0.508 e. The van der Waals surface area contributed by atoms with E-state index in [1.807, 2.05) is 74.5 Å². The van der Waals surface area contributed by atoms with Crippen LogP contribution in [0.2, 0.25) is 0 Å². The number of rotatable bonds is 13. The van der Waals surface area contributed by atoms with Crippen molar-refractivity contribution in [2.24, 2.45) is 11.7 Å². The monoisotopic (exact) mass is 530 g/mol. The third-order valence-corrected chi connectivity index (χ3v) is 6.75. The number of nitrogens with two attached hydrogens (primary N) is 1. The first-order chi connectivity index (χ1) is 18.8. The number of phenols is 1. The number of phenolic OH excluding ortho intramolecular Hbond substituents is 1. The van der Waals surface area contributed by atoms with E-state index in [-0.39, 0.29) is 24.0 Å². The number of carbonyl (C=O) groups is 3. The van der Waals surface area contributed by atoms with E-state index in [0.29, 0.717) is 19.4 Å². The van der Waals surface area contributed by atoms with Crippen molar-refractivity contribution in [3.05, 3.63) is 102 Å². The van der Waals surface area contributed by atoms with Crippen molar-refractivity contribution >= 4 is 17.7 Å². The summed E-state index contributed by atoms with van der Waals surface area (Å²) in [6.07, 6.45) is 1.15. The summed E-state index contributed by atoms with van der Waals surface area (Å²) in [6, 6.07) is 22.7. The number of amides is 3. The first kappa shape index (κ1) is 29.4. The van der Waals surface area contributed by atoms with Crippen LogP contribution in [0, 0.1) is 5.92 Å². The van der Waals surface area contributed by atoms with Gasteiger partial charge in [-0.3, -0.25) is 14.4 Å². The van der Waals surface area contributed by atoms with Crippen molar-refractivity contribution in [1.82, 2.24) is 16.0 Å². The fraction of sp³-hybridized carbons (Fsp3) is 0.323. The summed E-state index contributed by atoms with van der Waals surface area (Å²) >= 11 is 0. The van der Waals surface area contributed by atoms with Gasteiger partial charge in [-0.05, 0) is 41.2 Å². The van der Waals surface area contributed by atoms with Crippen molar-refractivity contribution in [2.45, 2.75) is 57.8 Å². The third-order valence-electron chi connectivity index (χ3n) is 6.75. The van der Waals surface area contributed by atoms with Gasteiger partial charge in [0, 0.05) is 13.0 Å². The Morgan fingerprint density at radius 3 is 1.90 bits per heavy atom. The van der Waals surface area contributed by atoms with Crippen molar-refractivity contribution in [1.29, 1.82) is 0 Å². The highest BCUT2D eigenvalue weighted by atomic mass is 16.3. The van der Waals surface area contributed by atoms with Crippen molar-refractivity contribution in [3.8, 4) is 5.75 Å². The zero-order chi connectivity index (χ0) is 28.2. The van der Waals surface area contributed by atoms with Crippen LogP contribution in [-0.2, 0) is 33.8 Å². The minimum Gasteiger partial charge on any atom is -0.508 e. The second kappa shape index (κ2) is 14.7. The molecule has 3 aromatic carbocycles. The van der Waals surface area contributed by atoms with E-state index in [1.165, 1.54) is 12.1 Å². The van der Waals surface area contributed by atoms with Crippen LogP contribution in [0.4, 0.5) is 0 Å². The van der Waals surface area contributed by atoms with Crippen molar-refractivity contribution in [3.63, 3.8) is 0 Å². The fourth-order valence-electron chi connectivity index (χ4n) is 4.17. The summed E-state index contributed by atoms with van der Waals surface area (Å²) in [7, 11) is 0. The minimum atomic E-state index is -0.975. The zero-order valence-electron chi connectivity index (χ0n) is 22.5. The van der Waals surface area contributed by atoms with Crippen LogP contribution in [0.5, 0.6) is 5.75 Å². The molecular weight excluding hydrogens is 492 g/mol. The molecule has 0 saturated heterocycles. The maximum absolute atomic E-state index is 13.5. The highest BCUT2D eigenvalue weighted by Gasteiger charge is 2.30. The van der Waals surface area contributed by atoms with Gasteiger partial charge in [-0.2, -0.15) is 0 Å². The fourth-order valence-corrected chi connectivity index (χ4v) is 4.17. The topological polar surface area (TPSA) is 134 Å². The molecule has 4 atom stereocenters. The summed E-state index contributed by atoms with van der Waals surface area (Å²) in [5.74, 6) is -1.29. The second-order valence-electron chi connectivity index (χ2n) is 9.80. The summed E-state index contributed by atoms with van der Waals surface area (Å²) in [6.45, 7) is 4.19. The number of benzene rings is 3. The minimum absolute atomic E-state index is 0.0978. The average Bonchev–Trinajstić information content (AvgIpc) is 2.95. The highest BCUT2D eigenvalue weighted by molar-refractivity contribution is 5.93. The van der Waals surface area contributed by atoms with E-state index in [9.17, 15) is 19.5 Å². The lowest BCUT2D eigenvalue weighted by Gasteiger charge is -2.27. The summed E-state index contributed by atoms with van der Waals surface area (Å²) in [5.41, 5.74) is 8.78. The Balaban J connectivity index is 1.74. The molecule has 1 unspecified atom stereocenters. The molecular formula is C31H38N4O4. The molecule has 8 nitrogen and oxygen atoms in total. The molecule has 3 rings (SSSR count). The normalized spacial score (nSPS) is 13.9. The molecule has 0 aromatic heterocycles. The van der Waals surface area contributed by atoms with E-state index in [4.69, 9.17) is 5.73 Å². The van der Waals surface area contributed by atoms with Gasteiger partial charge >= 0.3 is 0 Å². The molecule has 3 aromatic rings. The summed E-state index contributed by atoms with van der Waals surface area (Å²) < 4.78 is 0. The number of hydrogen-bond donors (Lipinski definition) is 5. The standard InChI is InChI=1S/C31H38N4O4/c1-3-21(2)28(31(39)33-20-24-12-8-5-9-13-24)35-30(38)27(19-23-14-16-25(36)17-15-23)34-29(37)26(32)18-22-10-6-4-7-11-22/h4-17,21,26-28,36H,3,18-20,32H2,1-2H3,(H,33,39)(H,34,37)(H,35,38)/t21?,26-,27-,28-/m0/s1. The van der Waals surface area contributed by atoms with Gasteiger partial charge in [-0.25, -0.2) is 0 Å². The molecule has 6 N–H and O–H groups in total. The number of carbonyl (C=O) groups excluding carboxylic acids is 3. The Bertz CT molecular complexity index is 1200. The van der Waals surface area contributed by atoms with Crippen LogP contribution in [-0.4, -0.2) is 41.0 Å². The molecule has 0 aliphatic rings. The first-order valence-corrected chi connectivity index (χ1v) is 13.3. The molecule has 206 valence electrons. The number of aromatic hydroxyl groups is 1. The summed E-state index contributed by atoms with van der Waals surface area (Å²) in [4.78, 5) is 39.7. The predicted molar refractivity (Wildman–Crippen MR) is 152 cm³/mol. The molecule has 0 spiro atoms. The van der Waals surface area contributed by atoms with Gasteiger partial charge in [0.2, 0.25) is 17.7 Å².